The van der Waals surface area contributed by atoms with Crippen molar-refractivity contribution in [3.8, 4) is 40.7 Å². The van der Waals surface area contributed by atoms with Crippen LogP contribution in [0.3, 0.4) is 0 Å². The molecular weight excluding hydrogens is 524 g/mol. The number of benzene rings is 3. The number of fused-ring (bicyclic) bond motifs is 1. The van der Waals surface area contributed by atoms with Gasteiger partial charge in [0.1, 0.15) is 11.5 Å². The first kappa shape index (κ1) is 22.9. The second-order valence-corrected chi connectivity index (χ2v) is 8.98. The van der Waals surface area contributed by atoms with Crippen molar-refractivity contribution in [2.45, 2.75) is 26.7 Å². The molecule has 4 nitrogen and oxygen atoms in total. The summed E-state index contributed by atoms with van der Waals surface area (Å²) in [5.74, 6) is 2.51. The van der Waals surface area contributed by atoms with E-state index < -0.39 is 5.97 Å². The lowest BCUT2D eigenvalue weighted by atomic mass is 9.95. The first-order valence-electron chi connectivity index (χ1n) is 9.48. The zero-order valence-corrected chi connectivity index (χ0v) is 20.3. The number of phenols is 1. The molecule has 2 aliphatic carbocycles. The van der Waals surface area contributed by atoms with E-state index in [-0.39, 0.29) is 17.2 Å². The number of carbonyl (C=O) groups is 1. The van der Waals surface area contributed by atoms with E-state index in [0.717, 1.165) is 0 Å². The van der Waals surface area contributed by atoms with Gasteiger partial charge in [-0.05, 0) is 85.7 Å². The Kier molecular flexibility index (Phi) is 6.78. The summed E-state index contributed by atoms with van der Waals surface area (Å²) in [6.07, 6.45) is 5.64. The molecule has 2 aliphatic rings. The molecule has 0 fully saturated rings. The van der Waals surface area contributed by atoms with E-state index in [4.69, 9.17) is 11.2 Å². The van der Waals surface area contributed by atoms with Crippen molar-refractivity contribution in [2.75, 3.05) is 0 Å². The predicted molar refractivity (Wildman–Crippen MR) is 129 cm³/mol. The molecule has 0 aliphatic heterocycles. The zero-order chi connectivity index (χ0) is 22.9. The Balaban J connectivity index is 0.000000381. The minimum absolute atomic E-state index is 0.0117. The molecule has 0 saturated heterocycles. The molecular formula is C25H20Br2O4. The summed E-state index contributed by atoms with van der Waals surface area (Å²) in [5.41, 5.74) is 4.65. The maximum absolute atomic E-state index is 11.3. The Morgan fingerprint density at radius 2 is 1.77 bits per heavy atom. The molecule has 4 rings (SSSR count). The summed E-state index contributed by atoms with van der Waals surface area (Å²) in [6, 6.07) is 13.1. The van der Waals surface area contributed by atoms with Gasteiger partial charge in [-0.1, -0.05) is 38.0 Å². The summed E-state index contributed by atoms with van der Waals surface area (Å²) >= 11 is 6.74. The van der Waals surface area contributed by atoms with Crippen LogP contribution in [0.15, 0.2) is 51.4 Å². The summed E-state index contributed by atoms with van der Waals surface area (Å²) in [6.45, 7) is 5.54. The predicted octanol–water partition coefficient (Wildman–Crippen LogP) is 7.49. The molecule has 2 aromatic rings. The topological polar surface area (TPSA) is 66.8 Å². The highest BCUT2D eigenvalue weighted by Gasteiger charge is 2.21. The Morgan fingerprint density at radius 3 is 2.23 bits per heavy atom. The molecule has 2 N–H and O–H groups in total. The Bertz CT molecular complexity index is 1210. The molecule has 0 unspecified atom stereocenters. The largest absolute Gasteiger partial charge is 0.508 e. The molecule has 0 radical (unpaired) electrons. The lowest BCUT2D eigenvalue weighted by Crippen LogP contribution is -2.03. The second kappa shape index (κ2) is 9.17. The number of hydrogen-bond acceptors (Lipinski definition) is 3. The van der Waals surface area contributed by atoms with Crippen LogP contribution < -0.4 is 4.74 Å². The van der Waals surface area contributed by atoms with Crippen LogP contribution in [0.2, 0.25) is 0 Å². The third kappa shape index (κ3) is 4.79. The molecule has 0 amide bonds. The number of halogens is 2. The highest BCUT2D eigenvalue weighted by molar-refractivity contribution is 9.11. The molecule has 0 heterocycles. The average Bonchev–Trinajstić information content (AvgIpc) is 3.32. The number of carboxylic acid groups (broad SMARTS) is 1. The molecule has 31 heavy (non-hydrogen) atoms. The van der Waals surface area contributed by atoms with E-state index in [2.05, 4.69) is 62.0 Å². The Labute approximate surface area is 198 Å². The third-order valence-corrected chi connectivity index (χ3v) is 6.43. The monoisotopic (exact) mass is 542 g/mol. The van der Waals surface area contributed by atoms with E-state index in [0.29, 0.717) is 37.1 Å². The van der Waals surface area contributed by atoms with Gasteiger partial charge >= 0.3 is 5.97 Å². The Morgan fingerprint density at radius 1 is 1.13 bits per heavy atom. The maximum Gasteiger partial charge on any atom is 0.336 e. The van der Waals surface area contributed by atoms with E-state index in [9.17, 15) is 15.0 Å². The van der Waals surface area contributed by atoms with Crippen LogP contribution in [0, 0.1) is 19.3 Å². The molecule has 0 aromatic heterocycles. The first-order chi connectivity index (χ1) is 14.6. The fraction of sp³-hybridized carbons (Fsp3) is 0.160. The van der Waals surface area contributed by atoms with Crippen molar-refractivity contribution in [3.63, 3.8) is 0 Å². The van der Waals surface area contributed by atoms with E-state index in [1.165, 1.54) is 23.3 Å². The van der Waals surface area contributed by atoms with Crippen LogP contribution >= 0.6 is 31.9 Å². The van der Waals surface area contributed by atoms with Gasteiger partial charge < -0.3 is 14.9 Å². The van der Waals surface area contributed by atoms with Crippen LogP contribution in [0.5, 0.6) is 17.2 Å². The molecule has 0 bridgehead atoms. The van der Waals surface area contributed by atoms with E-state index >= 15 is 0 Å². The fourth-order valence-electron chi connectivity index (χ4n) is 3.20. The summed E-state index contributed by atoms with van der Waals surface area (Å²) in [4.78, 5) is 11.3. The second-order valence-electron chi connectivity index (χ2n) is 7.33. The van der Waals surface area contributed by atoms with Gasteiger partial charge in [0, 0.05) is 5.56 Å². The summed E-state index contributed by atoms with van der Waals surface area (Å²) in [7, 11) is 0. The lowest BCUT2D eigenvalue weighted by molar-refractivity contribution is 0.0696. The van der Waals surface area contributed by atoms with Crippen LogP contribution in [0.1, 0.15) is 46.8 Å². The van der Waals surface area contributed by atoms with Crippen LogP contribution in [-0.2, 0) is 0 Å². The first-order valence-corrected chi connectivity index (χ1v) is 11.1. The number of rotatable bonds is 4. The standard InChI is InChI=1S/C19H16Br2O4.C6H4/c1-5-11-15(7-6-14(22)16(11)9(2)3)25-18-13(20)8-12(19(23)24)10(4)17(18)21;1-2-5-4-6(5)3-1/h1,6-9,22H,2-4H3,(H,23,24);1-4H. The van der Waals surface area contributed by atoms with Gasteiger partial charge in [-0.2, -0.15) is 0 Å². The van der Waals surface area contributed by atoms with E-state index in [1.54, 1.807) is 13.0 Å². The van der Waals surface area contributed by atoms with Crippen LogP contribution in [0.25, 0.3) is 11.1 Å². The van der Waals surface area contributed by atoms with Crippen molar-refractivity contribution in [2.24, 2.45) is 0 Å². The highest BCUT2D eigenvalue weighted by atomic mass is 79.9. The van der Waals surface area contributed by atoms with Gasteiger partial charge in [0.2, 0.25) is 0 Å². The lowest BCUT2D eigenvalue weighted by Gasteiger charge is -2.18. The summed E-state index contributed by atoms with van der Waals surface area (Å²) in [5, 5.41) is 19.4. The number of ether oxygens (including phenoxy) is 1. The number of carboxylic acids is 1. The number of aromatic hydroxyl groups is 1. The third-order valence-electron chi connectivity index (χ3n) is 4.88. The molecule has 2 aromatic carbocycles. The van der Waals surface area contributed by atoms with Crippen molar-refractivity contribution < 1.29 is 19.7 Å². The quantitative estimate of drug-likeness (QED) is 0.262. The zero-order valence-electron chi connectivity index (χ0n) is 17.2. The summed E-state index contributed by atoms with van der Waals surface area (Å²) < 4.78 is 6.97. The Hall–Kier alpha value is -2.75. The van der Waals surface area contributed by atoms with Gasteiger partial charge in [-0.15, -0.1) is 6.42 Å². The highest BCUT2D eigenvalue weighted by Crippen LogP contribution is 2.43. The number of aromatic carboxylic acids is 1. The SMILES string of the molecule is C#Cc1c(Oc2c(Br)cc(C(=O)O)c(C)c2Br)ccc(O)c1C(C)C.c1cc2cc-2c1. The molecule has 6 heteroatoms. The van der Waals surface area contributed by atoms with E-state index in [1.807, 2.05) is 13.8 Å². The number of hydrogen-bond donors (Lipinski definition) is 2. The van der Waals surface area contributed by atoms with Crippen molar-refractivity contribution >= 4 is 37.8 Å². The van der Waals surface area contributed by atoms with Crippen molar-refractivity contribution in [3.05, 3.63) is 73.7 Å². The van der Waals surface area contributed by atoms with Crippen molar-refractivity contribution in [1.29, 1.82) is 0 Å². The van der Waals surface area contributed by atoms with Gasteiger partial charge in [0.05, 0.1) is 20.1 Å². The minimum Gasteiger partial charge on any atom is -0.508 e. The number of terminal acetylenes is 1. The molecule has 0 saturated carbocycles. The molecule has 0 atom stereocenters. The van der Waals surface area contributed by atoms with Crippen LogP contribution in [0.4, 0.5) is 0 Å². The molecule has 158 valence electrons. The van der Waals surface area contributed by atoms with Gasteiger partial charge in [-0.25, -0.2) is 4.79 Å². The smallest absolute Gasteiger partial charge is 0.336 e. The fourth-order valence-corrected chi connectivity index (χ4v) is 4.48. The van der Waals surface area contributed by atoms with Crippen molar-refractivity contribution in [1.82, 2.24) is 0 Å². The van der Waals surface area contributed by atoms with Gasteiger partial charge in [-0.3, -0.25) is 0 Å². The van der Waals surface area contributed by atoms with Gasteiger partial charge in [0.15, 0.2) is 5.75 Å². The van der Waals surface area contributed by atoms with Crippen LogP contribution in [-0.4, -0.2) is 16.2 Å². The maximum atomic E-state index is 11.3. The minimum atomic E-state index is -1.03. The number of phenolic OH excluding ortho intramolecular Hbond substituents is 1. The molecule has 0 spiro atoms. The average molecular weight is 544 g/mol. The normalized spacial score (nSPS) is 10.7. The van der Waals surface area contributed by atoms with Gasteiger partial charge in [0.25, 0.3) is 0 Å².